The lowest BCUT2D eigenvalue weighted by atomic mass is 10.0. The lowest BCUT2D eigenvalue weighted by Gasteiger charge is -2.08. The van der Waals surface area contributed by atoms with Crippen LogP contribution in [0.2, 0.25) is 0 Å². The zero-order chi connectivity index (χ0) is 16.5. The highest BCUT2D eigenvalue weighted by molar-refractivity contribution is 5.86. The van der Waals surface area contributed by atoms with Gasteiger partial charge in [0.1, 0.15) is 0 Å². The van der Waals surface area contributed by atoms with Crippen LogP contribution in [0.3, 0.4) is 0 Å². The molecule has 0 radical (unpaired) electrons. The summed E-state index contributed by atoms with van der Waals surface area (Å²) in [6.45, 7) is 4.26. The molecule has 0 fully saturated rings. The van der Waals surface area contributed by atoms with Gasteiger partial charge in [0.2, 0.25) is 0 Å². The predicted molar refractivity (Wildman–Crippen MR) is 102 cm³/mol. The van der Waals surface area contributed by atoms with E-state index < -0.39 is 0 Å². The number of aromatic nitrogens is 1. The van der Waals surface area contributed by atoms with Gasteiger partial charge in [0.25, 0.3) is 0 Å². The van der Waals surface area contributed by atoms with E-state index in [0.717, 1.165) is 11.2 Å². The van der Waals surface area contributed by atoms with Crippen molar-refractivity contribution in [3.8, 4) is 22.4 Å². The molecule has 116 valence electrons. The minimum atomic E-state index is 1.03. The Bertz CT molecular complexity index is 996. The van der Waals surface area contributed by atoms with E-state index in [0.29, 0.717) is 0 Å². The van der Waals surface area contributed by atoms with Crippen molar-refractivity contribution >= 4 is 10.9 Å². The van der Waals surface area contributed by atoms with Crippen molar-refractivity contribution in [3.05, 3.63) is 90.0 Å². The molecule has 3 aromatic carbocycles. The highest BCUT2D eigenvalue weighted by atomic mass is 14.7. The number of aryl methyl sites for hydroxylation is 2. The second-order valence-electron chi connectivity index (χ2n) is 6.35. The summed E-state index contributed by atoms with van der Waals surface area (Å²) in [7, 11) is 0. The van der Waals surface area contributed by atoms with Crippen molar-refractivity contribution in [2.24, 2.45) is 0 Å². The van der Waals surface area contributed by atoms with Gasteiger partial charge >= 0.3 is 0 Å². The zero-order valence-corrected chi connectivity index (χ0v) is 14.0. The molecule has 0 saturated carbocycles. The average molecular weight is 309 g/mol. The summed E-state index contributed by atoms with van der Waals surface area (Å²) in [4.78, 5) is 4.86. The normalized spacial score (nSPS) is 10.9. The Labute approximate surface area is 142 Å². The summed E-state index contributed by atoms with van der Waals surface area (Å²) in [5.41, 5.74) is 8.24. The van der Waals surface area contributed by atoms with E-state index in [1.807, 2.05) is 6.07 Å². The monoisotopic (exact) mass is 309 g/mol. The van der Waals surface area contributed by atoms with Gasteiger partial charge in [0, 0.05) is 10.9 Å². The van der Waals surface area contributed by atoms with Gasteiger partial charge in [-0.05, 0) is 55.3 Å². The average Bonchev–Trinajstić information content (AvgIpc) is 2.61. The number of nitrogens with zero attached hydrogens (tertiary/aromatic N) is 1. The van der Waals surface area contributed by atoms with E-state index in [1.165, 1.54) is 33.2 Å². The summed E-state index contributed by atoms with van der Waals surface area (Å²) in [5, 5.41) is 1.17. The topological polar surface area (TPSA) is 12.9 Å². The van der Waals surface area contributed by atoms with Crippen LogP contribution in [0.25, 0.3) is 33.3 Å². The molecule has 1 aromatic heterocycles. The first-order chi connectivity index (χ1) is 11.7. The highest BCUT2D eigenvalue weighted by Gasteiger charge is 2.05. The maximum absolute atomic E-state index is 4.86. The first-order valence-electron chi connectivity index (χ1n) is 8.24. The van der Waals surface area contributed by atoms with Crippen LogP contribution in [0.5, 0.6) is 0 Å². The van der Waals surface area contributed by atoms with Gasteiger partial charge in [-0.2, -0.15) is 0 Å². The number of rotatable bonds is 2. The van der Waals surface area contributed by atoms with Crippen molar-refractivity contribution < 1.29 is 0 Å². The number of fused-ring (bicyclic) bond motifs is 1. The molecule has 0 amide bonds. The maximum Gasteiger partial charge on any atom is 0.0709 e. The van der Waals surface area contributed by atoms with Crippen LogP contribution < -0.4 is 0 Å². The van der Waals surface area contributed by atoms with Crippen molar-refractivity contribution in [1.82, 2.24) is 4.98 Å². The Balaban J connectivity index is 1.79. The molecule has 4 rings (SSSR count). The zero-order valence-electron chi connectivity index (χ0n) is 14.0. The van der Waals surface area contributed by atoms with E-state index in [2.05, 4.69) is 86.6 Å². The summed E-state index contributed by atoms with van der Waals surface area (Å²) in [5.74, 6) is 0. The second kappa shape index (κ2) is 5.93. The van der Waals surface area contributed by atoms with Crippen molar-refractivity contribution in [2.75, 3.05) is 0 Å². The Hall–Kier alpha value is -2.93. The third-order valence-corrected chi connectivity index (χ3v) is 4.31. The molecule has 1 nitrogen and oxygen atoms in total. The van der Waals surface area contributed by atoms with Crippen LogP contribution in [-0.2, 0) is 0 Å². The van der Waals surface area contributed by atoms with Crippen LogP contribution in [0, 0.1) is 13.8 Å². The third-order valence-electron chi connectivity index (χ3n) is 4.31. The summed E-state index contributed by atoms with van der Waals surface area (Å²) in [6.07, 6.45) is 0. The molecule has 0 saturated heterocycles. The molecule has 24 heavy (non-hydrogen) atoms. The fraction of sp³-hybridized carbons (Fsp3) is 0.0870. The Kier molecular flexibility index (Phi) is 3.62. The van der Waals surface area contributed by atoms with E-state index in [1.54, 1.807) is 0 Å². The van der Waals surface area contributed by atoms with Crippen LogP contribution in [0.15, 0.2) is 78.9 Å². The highest BCUT2D eigenvalue weighted by Crippen LogP contribution is 2.27. The molecule has 0 aliphatic heterocycles. The fourth-order valence-electron chi connectivity index (χ4n) is 3.22. The van der Waals surface area contributed by atoms with Gasteiger partial charge in [-0.1, -0.05) is 59.7 Å². The van der Waals surface area contributed by atoms with Crippen LogP contribution in [-0.4, -0.2) is 4.98 Å². The fourth-order valence-corrected chi connectivity index (χ4v) is 3.22. The van der Waals surface area contributed by atoms with E-state index >= 15 is 0 Å². The van der Waals surface area contributed by atoms with Crippen LogP contribution in [0.1, 0.15) is 11.1 Å². The standard InChI is InChI=1S/C23H19N/c1-16-12-17(2)14-21(13-16)23-11-9-20-15-19(8-10-22(20)24-23)18-6-4-3-5-7-18/h3-15H,1-2H3. The van der Waals surface area contributed by atoms with E-state index in [-0.39, 0.29) is 0 Å². The Morgan fingerprint density at radius 3 is 2.08 bits per heavy atom. The van der Waals surface area contributed by atoms with E-state index in [9.17, 15) is 0 Å². The summed E-state index contributed by atoms with van der Waals surface area (Å²) < 4.78 is 0. The SMILES string of the molecule is Cc1cc(C)cc(-c2ccc3cc(-c4ccccc4)ccc3n2)c1. The maximum atomic E-state index is 4.86. The molecular weight excluding hydrogens is 290 g/mol. The first kappa shape index (κ1) is 14.6. The van der Waals surface area contributed by atoms with E-state index in [4.69, 9.17) is 4.98 Å². The van der Waals surface area contributed by atoms with Crippen molar-refractivity contribution in [3.63, 3.8) is 0 Å². The molecule has 0 aliphatic rings. The molecule has 0 aliphatic carbocycles. The van der Waals surface area contributed by atoms with Crippen molar-refractivity contribution in [2.45, 2.75) is 13.8 Å². The molecule has 1 heteroatoms. The van der Waals surface area contributed by atoms with Gasteiger partial charge in [-0.25, -0.2) is 4.98 Å². The lowest BCUT2D eigenvalue weighted by Crippen LogP contribution is -1.88. The quantitative estimate of drug-likeness (QED) is 0.430. The molecule has 4 aromatic rings. The Morgan fingerprint density at radius 2 is 1.33 bits per heavy atom. The smallest absolute Gasteiger partial charge is 0.0709 e. The third kappa shape index (κ3) is 2.81. The molecule has 0 bridgehead atoms. The molecular formula is C23H19N. The molecule has 0 spiro atoms. The lowest BCUT2D eigenvalue weighted by molar-refractivity contribution is 1.34. The van der Waals surface area contributed by atoms with Gasteiger partial charge in [0.05, 0.1) is 11.2 Å². The number of pyridine rings is 1. The van der Waals surface area contributed by atoms with Gasteiger partial charge in [0.15, 0.2) is 0 Å². The molecule has 0 atom stereocenters. The predicted octanol–water partition coefficient (Wildman–Crippen LogP) is 6.19. The molecule has 0 N–H and O–H groups in total. The minimum Gasteiger partial charge on any atom is -0.248 e. The first-order valence-corrected chi connectivity index (χ1v) is 8.24. The molecule has 0 unspecified atom stereocenters. The van der Waals surface area contributed by atoms with Crippen LogP contribution in [0.4, 0.5) is 0 Å². The molecule has 1 heterocycles. The van der Waals surface area contributed by atoms with Gasteiger partial charge < -0.3 is 0 Å². The van der Waals surface area contributed by atoms with Gasteiger partial charge in [-0.3, -0.25) is 0 Å². The minimum absolute atomic E-state index is 1.03. The van der Waals surface area contributed by atoms with Crippen molar-refractivity contribution in [1.29, 1.82) is 0 Å². The summed E-state index contributed by atoms with van der Waals surface area (Å²) in [6, 6.07) is 27.8. The number of hydrogen-bond acceptors (Lipinski definition) is 1. The summed E-state index contributed by atoms with van der Waals surface area (Å²) >= 11 is 0. The largest absolute Gasteiger partial charge is 0.248 e. The van der Waals surface area contributed by atoms with Gasteiger partial charge in [-0.15, -0.1) is 0 Å². The second-order valence-corrected chi connectivity index (χ2v) is 6.35. The number of benzene rings is 3. The Morgan fingerprint density at radius 1 is 0.583 bits per heavy atom. The number of hydrogen-bond donors (Lipinski definition) is 0. The van der Waals surface area contributed by atoms with Crippen LogP contribution >= 0.6 is 0 Å².